The second-order valence-electron chi connectivity index (χ2n) is 18.3. The third-order valence-corrected chi connectivity index (χ3v) is 12.7. The molecule has 1 N–H and O–H groups in total. The first kappa shape index (κ1) is 60.8. The van der Waals surface area contributed by atoms with Crippen LogP contribution in [0.3, 0.4) is 0 Å². The number of rotatable bonds is 46. The highest BCUT2D eigenvalue weighted by Gasteiger charge is 2.19. The maximum absolute atomic E-state index is 12.9. The average molecular weight is 889 g/mol. The van der Waals surface area contributed by atoms with Gasteiger partial charge < -0.3 is 19.7 Å². The van der Waals surface area contributed by atoms with Crippen LogP contribution >= 0.6 is 0 Å². The molecule has 0 saturated carbocycles. The predicted molar refractivity (Wildman–Crippen MR) is 271 cm³/mol. The van der Waals surface area contributed by atoms with E-state index in [1.54, 1.807) is 0 Å². The number of nitrogens with one attached hydrogen (secondary N) is 1. The maximum atomic E-state index is 12.9. The highest BCUT2D eigenvalue weighted by atomic mass is 16.5. The van der Waals surface area contributed by atoms with Gasteiger partial charge in [-0.05, 0) is 103 Å². The zero-order valence-corrected chi connectivity index (χ0v) is 42.8. The number of carbonyl (C=O) groups is 2. The summed E-state index contributed by atoms with van der Waals surface area (Å²) < 4.78 is 11.9. The first-order valence-corrected chi connectivity index (χ1v) is 27.5. The summed E-state index contributed by atoms with van der Waals surface area (Å²) in [7, 11) is 0. The second kappa shape index (κ2) is 45.0. The standard InChI is InChI=1S/C53H98N2O6.C2H6/c1-6-11-14-17-22-29-37-46(9-4)60-49(56)40-32-25-20-27-34-43-55(45-36-42-54-51-48(10-5)52(58)53(51)59)44-35-28-21-26-33-41-50(57)61-47(38-30-23-18-15-12-7-2)39-31-24-19-16-13-8-3;1-2/h46-47,54H,6-45H2,1-5H3;1-2H3. The van der Waals surface area contributed by atoms with Gasteiger partial charge in [0, 0.05) is 24.9 Å². The van der Waals surface area contributed by atoms with Crippen LogP contribution in [0.15, 0.2) is 9.59 Å². The van der Waals surface area contributed by atoms with Crippen LogP contribution in [0.1, 0.15) is 279 Å². The molecule has 1 atom stereocenters. The number of hydrogen-bond acceptors (Lipinski definition) is 8. The molecule has 1 unspecified atom stereocenters. The van der Waals surface area contributed by atoms with Crippen LogP contribution in [0, 0.1) is 0 Å². The van der Waals surface area contributed by atoms with E-state index >= 15 is 0 Å². The molecule has 0 spiro atoms. The zero-order valence-electron chi connectivity index (χ0n) is 42.8. The lowest BCUT2D eigenvalue weighted by atomic mass is 10.0. The SMILES string of the molecule is CC.CCCCCCCCC(CC)OC(=O)CCCCCCCN(CCCCCCCC(=O)OC(CCCCCCCC)CCCCCCCC)CCCNc1c(CC)c(=O)c1=O. The number of carbonyl (C=O) groups excluding carboxylic acids is 2. The topological polar surface area (TPSA) is 102 Å². The minimum atomic E-state index is -0.366. The number of unbranched alkanes of at least 4 members (excludes halogenated alkanes) is 23. The largest absolute Gasteiger partial charge is 0.462 e. The van der Waals surface area contributed by atoms with E-state index in [9.17, 15) is 19.2 Å². The molecule has 370 valence electrons. The van der Waals surface area contributed by atoms with Crippen LogP contribution in [0.5, 0.6) is 0 Å². The molecule has 0 aliphatic rings. The number of esters is 2. The molecule has 8 nitrogen and oxygen atoms in total. The molecule has 0 aliphatic heterocycles. The minimum Gasteiger partial charge on any atom is -0.462 e. The fourth-order valence-electron chi connectivity index (χ4n) is 8.64. The van der Waals surface area contributed by atoms with Gasteiger partial charge in [0.15, 0.2) is 0 Å². The van der Waals surface area contributed by atoms with E-state index in [0.717, 1.165) is 122 Å². The highest BCUT2D eigenvalue weighted by Crippen LogP contribution is 2.19. The first-order chi connectivity index (χ1) is 30.8. The van der Waals surface area contributed by atoms with Crippen molar-refractivity contribution in [1.82, 2.24) is 4.90 Å². The van der Waals surface area contributed by atoms with Crippen LogP contribution in [0.25, 0.3) is 0 Å². The van der Waals surface area contributed by atoms with Crippen LogP contribution in [0.4, 0.5) is 5.69 Å². The van der Waals surface area contributed by atoms with Crippen LogP contribution in [-0.4, -0.2) is 55.2 Å². The summed E-state index contributed by atoms with van der Waals surface area (Å²) in [6.07, 6.45) is 40.2. The monoisotopic (exact) mass is 889 g/mol. The Labute approximate surface area is 389 Å². The summed E-state index contributed by atoms with van der Waals surface area (Å²) >= 11 is 0. The van der Waals surface area contributed by atoms with Gasteiger partial charge in [-0.15, -0.1) is 0 Å². The van der Waals surface area contributed by atoms with Gasteiger partial charge in [0.05, 0.1) is 5.69 Å². The summed E-state index contributed by atoms with van der Waals surface area (Å²) in [5, 5.41) is 3.25. The lowest BCUT2D eigenvalue weighted by molar-refractivity contribution is -0.150. The van der Waals surface area contributed by atoms with Gasteiger partial charge in [-0.25, -0.2) is 0 Å². The molecule has 1 aromatic rings. The van der Waals surface area contributed by atoms with E-state index in [4.69, 9.17) is 9.47 Å². The van der Waals surface area contributed by atoms with Crippen molar-refractivity contribution < 1.29 is 19.1 Å². The summed E-state index contributed by atoms with van der Waals surface area (Å²) in [5.74, 6) is -0.0287. The summed E-state index contributed by atoms with van der Waals surface area (Å²) in [5.41, 5.74) is 0.476. The van der Waals surface area contributed by atoms with E-state index in [1.165, 1.54) is 109 Å². The smallest absolute Gasteiger partial charge is 0.306 e. The molecule has 0 amide bonds. The number of ether oxygens (including phenoxy) is 2. The zero-order chi connectivity index (χ0) is 46.6. The van der Waals surface area contributed by atoms with E-state index < -0.39 is 0 Å². The molecule has 0 bridgehead atoms. The van der Waals surface area contributed by atoms with Gasteiger partial charge in [-0.3, -0.25) is 19.2 Å². The maximum Gasteiger partial charge on any atom is 0.306 e. The summed E-state index contributed by atoms with van der Waals surface area (Å²) in [4.78, 5) is 51.8. The first-order valence-electron chi connectivity index (χ1n) is 27.5. The van der Waals surface area contributed by atoms with Gasteiger partial charge in [0.1, 0.15) is 12.2 Å². The van der Waals surface area contributed by atoms with Crippen LogP contribution < -0.4 is 16.2 Å². The molecule has 0 aromatic heterocycles. The van der Waals surface area contributed by atoms with Crippen molar-refractivity contribution >= 4 is 17.6 Å². The second-order valence-corrected chi connectivity index (χ2v) is 18.3. The highest BCUT2D eigenvalue weighted by molar-refractivity contribution is 5.69. The van der Waals surface area contributed by atoms with Gasteiger partial charge in [0.2, 0.25) is 10.9 Å². The molecule has 0 aliphatic carbocycles. The molecule has 0 heterocycles. The van der Waals surface area contributed by atoms with E-state index in [2.05, 4.69) is 37.9 Å². The molecular weight excluding hydrogens is 785 g/mol. The van der Waals surface area contributed by atoms with Crippen molar-refractivity contribution in [3.8, 4) is 0 Å². The normalized spacial score (nSPS) is 11.9. The van der Waals surface area contributed by atoms with Crippen molar-refractivity contribution in [2.45, 2.75) is 292 Å². The molecule has 0 saturated heterocycles. The molecule has 0 fully saturated rings. The van der Waals surface area contributed by atoms with Crippen molar-refractivity contribution in [3.05, 3.63) is 26.0 Å². The Morgan fingerprint density at radius 3 is 1.25 bits per heavy atom. The molecule has 63 heavy (non-hydrogen) atoms. The lowest BCUT2D eigenvalue weighted by Crippen LogP contribution is -2.38. The molecule has 0 radical (unpaired) electrons. The Morgan fingerprint density at radius 1 is 0.460 bits per heavy atom. The van der Waals surface area contributed by atoms with Gasteiger partial charge in [0.25, 0.3) is 0 Å². The molecular formula is C55H104N2O6. The number of hydrogen-bond donors (Lipinski definition) is 1. The Hall–Kier alpha value is -2.22. The fourth-order valence-corrected chi connectivity index (χ4v) is 8.64. The van der Waals surface area contributed by atoms with Gasteiger partial charge in [-0.1, -0.05) is 183 Å². The average Bonchev–Trinajstić information content (AvgIpc) is 3.29. The van der Waals surface area contributed by atoms with Gasteiger partial charge >= 0.3 is 11.9 Å². The molecule has 1 rings (SSSR count). The minimum absolute atomic E-state index is 0.000376. The number of anilines is 1. The fraction of sp³-hybridized carbons (Fsp3) is 0.891. The van der Waals surface area contributed by atoms with Crippen molar-refractivity contribution in [2.75, 3.05) is 31.5 Å². The predicted octanol–water partition coefficient (Wildman–Crippen LogP) is 15.1. The van der Waals surface area contributed by atoms with Crippen LogP contribution in [0.2, 0.25) is 0 Å². The van der Waals surface area contributed by atoms with Crippen molar-refractivity contribution in [1.29, 1.82) is 0 Å². The lowest BCUT2D eigenvalue weighted by Gasteiger charge is -2.23. The van der Waals surface area contributed by atoms with Crippen molar-refractivity contribution in [2.24, 2.45) is 0 Å². The van der Waals surface area contributed by atoms with E-state index in [1.807, 2.05) is 20.8 Å². The Bertz CT molecular complexity index is 1230. The third kappa shape index (κ3) is 33.9. The third-order valence-electron chi connectivity index (χ3n) is 12.7. The summed E-state index contributed by atoms with van der Waals surface area (Å²) in [6.45, 7) is 18.5. The Balaban J connectivity index is 0.0000189. The van der Waals surface area contributed by atoms with E-state index in [-0.39, 0.29) is 35.0 Å². The molecule has 8 heteroatoms. The molecule has 1 aromatic carbocycles. The van der Waals surface area contributed by atoms with Crippen molar-refractivity contribution in [3.63, 3.8) is 0 Å². The quantitative estimate of drug-likeness (QED) is 0.0392. The Kier molecular flexibility index (Phi) is 43.4. The Morgan fingerprint density at radius 2 is 0.825 bits per heavy atom. The van der Waals surface area contributed by atoms with Crippen LogP contribution in [-0.2, 0) is 25.5 Å². The van der Waals surface area contributed by atoms with Gasteiger partial charge in [-0.2, -0.15) is 0 Å². The summed E-state index contributed by atoms with van der Waals surface area (Å²) in [6, 6.07) is 0. The number of nitrogens with zero attached hydrogens (tertiary/aromatic N) is 1. The van der Waals surface area contributed by atoms with E-state index in [0.29, 0.717) is 37.1 Å².